The molecular weight excluding hydrogens is 420 g/mol. The molecule has 0 saturated heterocycles. The molecule has 0 amide bonds. The summed E-state index contributed by atoms with van der Waals surface area (Å²) in [6, 6.07) is 25.5. The first-order valence-corrected chi connectivity index (χ1v) is 10.2. The van der Waals surface area contributed by atoms with Gasteiger partial charge in [-0.25, -0.2) is 0 Å². The first kappa shape index (κ1) is 17.1. The number of aromatic amines is 1. The van der Waals surface area contributed by atoms with E-state index in [4.69, 9.17) is 11.6 Å². The Morgan fingerprint density at radius 1 is 0.852 bits per heavy atom. The van der Waals surface area contributed by atoms with Gasteiger partial charge in [0, 0.05) is 44.1 Å². The number of rotatable bonds is 2. The fourth-order valence-electron chi connectivity index (χ4n) is 4.13. The predicted octanol–water partition coefficient (Wildman–Crippen LogP) is 6.41. The molecule has 2 unspecified atom stereocenters. The third-order valence-electron chi connectivity index (χ3n) is 5.42. The molecule has 0 fully saturated rings. The Balaban J connectivity index is 1.69. The number of hydrogen-bond donors (Lipinski definition) is 2. The molecule has 3 aromatic carbocycles. The van der Waals surface area contributed by atoms with Crippen molar-refractivity contribution in [2.24, 2.45) is 0 Å². The topological polar surface area (TPSA) is 27.8 Å². The molecule has 1 aliphatic rings. The van der Waals surface area contributed by atoms with E-state index in [1.54, 1.807) is 0 Å². The maximum Gasteiger partial charge on any atom is 0.0601 e. The van der Waals surface area contributed by atoms with Gasteiger partial charge in [-0.15, -0.1) is 0 Å². The van der Waals surface area contributed by atoms with E-state index >= 15 is 0 Å². The highest BCUT2D eigenvalue weighted by molar-refractivity contribution is 9.10. The maximum atomic E-state index is 6.10. The Kier molecular flexibility index (Phi) is 4.31. The molecule has 0 bridgehead atoms. The molecule has 0 aliphatic carbocycles. The first-order chi connectivity index (χ1) is 13.2. The summed E-state index contributed by atoms with van der Waals surface area (Å²) in [5, 5.41) is 5.84. The average Bonchev–Trinajstić information content (AvgIpc) is 3.08. The third-order valence-corrected chi connectivity index (χ3v) is 6.20. The van der Waals surface area contributed by atoms with Crippen molar-refractivity contribution in [1.82, 2.24) is 10.3 Å². The minimum atomic E-state index is 0.174. The lowest BCUT2D eigenvalue weighted by Gasteiger charge is -2.31. The lowest BCUT2D eigenvalue weighted by molar-refractivity contribution is 0.528. The summed E-state index contributed by atoms with van der Waals surface area (Å²) in [5.41, 5.74) is 6.38. The van der Waals surface area contributed by atoms with Crippen LogP contribution in [0, 0.1) is 0 Å². The second kappa shape index (κ2) is 6.83. The number of halogens is 2. The van der Waals surface area contributed by atoms with Crippen molar-refractivity contribution in [2.75, 3.05) is 6.54 Å². The fourth-order valence-corrected chi connectivity index (χ4v) is 4.52. The number of aromatic nitrogens is 1. The quantitative estimate of drug-likeness (QED) is 0.373. The molecule has 2 heterocycles. The van der Waals surface area contributed by atoms with Crippen LogP contribution in [0.1, 0.15) is 34.3 Å². The number of hydrogen-bond acceptors (Lipinski definition) is 1. The van der Waals surface area contributed by atoms with Gasteiger partial charge >= 0.3 is 0 Å². The second-order valence-electron chi connectivity index (χ2n) is 6.99. The third kappa shape index (κ3) is 3.00. The van der Waals surface area contributed by atoms with Gasteiger partial charge in [0.15, 0.2) is 0 Å². The molecule has 2 N–H and O–H groups in total. The summed E-state index contributed by atoms with van der Waals surface area (Å²) in [4.78, 5) is 3.71. The van der Waals surface area contributed by atoms with Gasteiger partial charge in [0.25, 0.3) is 0 Å². The summed E-state index contributed by atoms with van der Waals surface area (Å²) in [7, 11) is 0. The Morgan fingerprint density at radius 3 is 2.33 bits per heavy atom. The highest BCUT2D eigenvalue weighted by Gasteiger charge is 2.32. The van der Waals surface area contributed by atoms with Crippen LogP contribution in [0.3, 0.4) is 0 Å². The predicted molar refractivity (Wildman–Crippen MR) is 116 cm³/mol. The number of nitrogens with one attached hydrogen (secondary N) is 2. The summed E-state index contributed by atoms with van der Waals surface area (Å²) >= 11 is 9.65. The van der Waals surface area contributed by atoms with Gasteiger partial charge in [0.05, 0.1) is 6.04 Å². The van der Waals surface area contributed by atoms with Crippen LogP contribution in [0.25, 0.3) is 10.9 Å². The van der Waals surface area contributed by atoms with Gasteiger partial charge in [-0.05, 0) is 41.5 Å². The largest absolute Gasteiger partial charge is 0.358 e. The Hall–Kier alpha value is -2.07. The molecular formula is C23H18BrClN2. The normalized spacial score (nSPS) is 19.2. The van der Waals surface area contributed by atoms with Crippen molar-refractivity contribution >= 4 is 38.4 Å². The molecule has 4 aromatic rings. The highest BCUT2D eigenvalue weighted by atomic mass is 79.9. The maximum absolute atomic E-state index is 6.10. The molecule has 2 atom stereocenters. The minimum Gasteiger partial charge on any atom is -0.358 e. The second-order valence-corrected chi connectivity index (χ2v) is 8.35. The SMILES string of the molecule is Clc1ccc(C2CNC(c3ccc(Br)cc3)c3c2[nH]c2ccccc32)cc1. The molecule has 134 valence electrons. The van der Waals surface area contributed by atoms with E-state index in [-0.39, 0.29) is 12.0 Å². The number of H-pyrrole nitrogens is 1. The van der Waals surface area contributed by atoms with Crippen molar-refractivity contribution in [3.05, 3.63) is 105 Å². The molecule has 27 heavy (non-hydrogen) atoms. The van der Waals surface area contributed by atoms with Crippen molar-refractivity contribution in [3.8, 4) is 0 Å². The van der Waals surface area contributed by atoms with Gasteiger partial charge < -0.3 is 10.3 Å². The van der Waals surface area contributed by atoms with E-state index < -0.39 is 0 Å². The first-order valence-electron chi connectivity index (χ1n) is 9.05. The van der Waals surface area contributed by atoms with Gasteiger partial charge in [-0.2, -0.15) is 0 Å². The molecule has 2 nitrogen and oxygen atoms in total. The molecule has 4 heteroatoms. The van der Waals surface area contributed by atoms with E-state index in [1.807, 2.05) is 12.1 Å². The average molecular weight is 438 g/mol. The smallest absolute Gasteiger partial charge is 0.0601 e. The number of benzene rings is 3. The van der Waals surface area contributed by atoms with Gasteiger partial charge in [-0.3, -0.25) is 0 Å². The van der Waals surface area contributed by atoms with E-state index in [0.29, 0.717) is 0 Å². The molecule has 0 radical (unpaired) electrons. The van der Waals surface area contributed by atoms with Crippen molar-refractivity contribution in [3.63, 3.8) is 0 Å². The Morgan fingerprint density at radius 2 is 1.56 bits per heavy atom. The Labute approximate surface area is 171 Å². The fraction of sp³-hybridized carbons (Fsp3) is 0.130. The zero-order chi connectivity index (χ0) is 18.4. The highest BCUT2D eigenvalue weighted by Crippen LogP contribution is 2.41. The van der Waals surface area contributed by atoms with Crippen LogP contribution in [-0.2, 0) is 0 Å². The van der Waals surface area contributed by atoms with Gasteiger partial charge in [0.1, 0.15) is 0 Å². The van der Waals surface area contributed by atoms with Crippen LogP contribution in [0.4, 0.5) is 0 Å². The minimum absolute atomic E-state index is 0.174. The zero-order valence-electron chi connectivity index (χ0n) is 14.5. The monoisotopic (exact) mass is 436 g/mol. The van der Waals surface area contributed by atoms with Crippen LogP contribution in [-0.4, -0.2) is 11.5 Å². The molecule has 0 spiro atoms. The van der Waals surface area contributed by atoms with Crippen molar-refractivity contribution in [1.29, 1.82) is 0 Å². The Bertz CT molecular complexity index is 1100. The summed E-state index contributed by atoms with van der Waals surface area (Å²) in [6.45, 7) is 0.877. The molecule has 0 saturated carbocycles. The van der Waals surface area contributed by atoms with E-state index in [1.165, 1.54) is 33.3 Å². The van der Waals surface area contributed by atoms with E-state index in [9.17, 15) is 0 Å². The van der Waals surface area contributed by atoms with Crippen LogP contribution < -0.4 is 5.32 Å². The summed E-state index contributed by atoms with van der Waals surface area (Å²) < 4.78 is 1.10. The van der Waals surface area contributed by atoms with Crippen molar-refractivity contribution < 1.29 is 0 Å². The number of para-hydroxylation sites is 1. The van der Waals surface area contributed by atoms with Crippen LogP contribution in [0.2, 0.25) is 5.02 Å². The summed E-state index contributed by atoms with van der Waals surface area (Å²) in [5.74, 6) is 0.274. The van der Waals surface area contributed by atoms with Gasteiger partial charge in [-0.1, -0.05) is 70.0 Å². The zero-order valence-corrected chi connectivity index (χ0v) is 16.9. The van der Waals surface area contributed by atoms with Crippen LogP contribution in [0.15, 0.2) is 77.3 Å². The molecule has 1 aliphatic heterocycles. The van der Waals surface area contributed by atoms with E-state index in [2.05, 4.69) is 86.9 Å². The lowest BCUT2D eigenvalue weighted by atomic mass is 9.84. The molecule has 1 aromatic heterocycles. The van der Waals surface area contributed by atoms with Crippen molar-refractivity contribution in [2.45, 2.75) is 12.0 Å². The molecule has 5 rings (SSSR count). The summed E-state index contributed by atoms with van der Waals surface area (Å²) in [6.07, 6.45) is 0. The van der Waals surface area contributed by atoms with E-state index in [0.717, 1.165) is 16.0 Å². The van der Waals surface area contributed by atoms with Gasteiger partial charge in [0.2, 0.25) is 0 Å². The number of fused-ring (bicyclic) bond motifs is 3. The van der Waals surface area contributed by atoms with Crippen LogP contribution >= 0.6 is 27.5 Å². The lowest BCUT2D eigenvalue weighted by Crippen LogP contribution is -2.34. The van der Waals surface area contributed by atoms with Crippen LogP contribution in [0.5, 0.6) is 0 Å². The standard InChI is InChI=1S/C23H18BrClN2/c24-16-9-5-15(6-10-16)22-21-18-3-1-2-4-20(18)27-23(21)19(13-26-22)14-7-11-17(25)12-8-14/h1-12,19,22,26-27H,13H2.